The molecule has 3 amide bonds. The maximum Gasteiger partial charge on any atom is 0.319 e. The molecule has 0 saturated carbocycles. The smallest absolute Gasteiger partial charge is 0.319 e. The molecule has 3 heterocycles. The Hall–Kier alpha value is -3.03. The lowest BCUT2D eigenvalue weighted by Gasteiger charge is -2.27. The highest BCUT2D eigenvalue weighted by atomic mass is 16.3. The van der Waals surface area contributed by atoms with Gasteiger partial charge >= 0.3 is 6.03 Å². The molecule has 2 aromatic heterocycles. The SMILES string of the molecule is Cc1ccc([C@H](C)NC(=O)Nc2ccc(N3CCNC(=O)C3)nc2)o1. The number of hydrogen-bond donors (Lipinski definition) is 3. The van der Waals surface area contributed by atoms with Crippen molar-refractivity contribution in [2.45, 2.75) is 19.9 Å². The zero-order chi connectivity index (χ0) is 17.8. The molecule has 0 spiro atoms. The molecular formula is C17H21N5O3. The molecule has 3 N–H and O–H groups in total. The fraction of sp³-hybridized carbons (Fsp3) is 0.353. The van der Waals surface area contributed by atoms with E-state index in [1.807, 2.05) is 30.9 Å². The second-order valence-electron chi connectivity index (χ2n) is 5.95. The Morgan fingerprint density at radius 2 is 2.20 bits per heavy atom. The van der Waals surface area contributed by atoms with Crippen LogP contribution in [-0.2, 0) is 4.79 Å². The van der Waals surface area contributed by atoms with Gasteiger partial charge in [0.15, 0.2) is 0 Å². The molecule has 8 nitrogen and oxygen atoms in total. The van der Waals surface area contributed by atoms with Gasteiger partial charge in [-0.2, -0.15) is 0 Å². The van der Waals surface area contributed by atoms with E-state index in [-0.39, 0.29) is 18.0 Å². The van der Waals surface area contributed by atoms with Gasteiger partial charge in [-0.1, -0.05) is 0 Å². The number of amides is 3. The highest BCUT2D eigenvalue weighted by Crippen LogP contribution is 2.17. The van der Waals surface area contributed by atoms with Crippen molar-refractivity contribution in [1.29, 1.82) is 0 Å². The normalized spacial score (nSPS) is 15.4. The summed E-state index contributed by atoms with van der Waals surface area (Å²) in [5.41, 5.74) is 0.575. The number of carbonyl (C=O) groups excluding carboxylic acids is 2. The molecule has 8 heteroatoms. The van der Waals surface area contributed by atoms with Crippen LogP contribution in [0.1, 0.15) is 24.5 Å². The summed E-state index contributed by atoms with van der Waals surface area (Å²) in [6, 6.07) is 6.66. The number of aromatic nitrogens is 1. The van der Waals surface area contributed by atoms with Gasteiger partial charge in [0.1, 0.15) is 17.3 Å². The number of aryl methyl sites for hydroxylation is 1. The number of rotatable bonds is 4. The van der Waals surface area contributed by atoms with Crippen molar-refractivity contribution < 1.29 is 14.0 Å². The molecule has 0 radical (unpaired) electrons. The topological polar surface area (TPSA) is 99.5 Å². The Bertz CT molecular complexity index is 756. The van der Waals surface area contributed by atoms with Crippen LogP contribution in [0.25, 0.3) is 0 Å². The summed E-state index contributed by atoms with van der Waals surface area (Å²) in [7, 11) is 0. The number of piperazine rings is 1. The Morgan fingerprint density at radius 1 is 1.36 bits per heavy atom. The fourth-order valence-corrected chi connectivity index (χ4v) is 2.60. The van der Waals surface area contributed by atoms with E-state index in [4.69, 9.17) is 4.42 Å². The first kappa shape index (κ1) is 16.8. The summed E-state index contributed by atoms with van der Waals surface area (Å²) in [6.07, 6.45) is 1.57. The van der Waals surface area contributed by atoms with Crippen LogP contribution in [0.4, 0.5) is 16.3 Å². The highest BCUT2D eigenvalue weighted by Gasteiger charge is 2.17. The van der Waals surface area contributed by atoms with Gasteiger partial charge in [-0.25, -0.2) is 9.78 Å². The number of nitrogens with zero attached hydrogens (tertiary/aromatic N) is 2. The van der Waals surface area contributed by atoms with Crippen LogP contribution in [0.3, 0.4) is 0 Å². The van der Waals surface area contributed by atoms with Gasteiger partial charge in [0.2, 0.25) is 5.91 Å². The third-order valence-corrected chi connectivity index (χ3v) is 3.90. The maximum absolute atomic E-state index is 12.1. The molecule has 2 aromatic rings. The minimum atomic E-state index is -0.339. The van der Waals surface area contributed by atoms with Crippen molar-refractivity contribution in [3.63, 3.8) is 0 Å². The second-order valence-corrected chi connectivity index (χ2v) is 5.95. The van der Waals surface area contributed by atoms with Crippen molar-refractivity contribution in [2.75, 3.05) is 29.9 Å². The molecule has 132 valence electrons. The van der Waals surface area contributed by atoms with Gasteiger partial charge in [-0.15, -0.1) is 0 Å². The van der Waals surface area contributed by atoms with Crippen molar-refractivity contribution in [1.82, 2.24) is 15.6 Å². The summed E-state index contributed by atoms with van der Waals surface area (Å²) >= 11 is 0. The van der Waals surface area contributed by atoms with Gasteiger partial charge in [0, 0.05) is 13.1 Å². The Kier molecular flexibility index (Phi) is 4.87. The number of pyridine rings is 1. The summed E-state index contributed by atoms with van der Waals surface area (Å²) in [6.45, 7) is 5.32. The first-order valence-corrected chi connectivity index (χ1v) is 8.13. The Labute approximate surface area is 145 Å². The fourth-order valence-electron chi connectivity index (χ4n) is 2.60. The molecule has 0 bridgehead atoms. The Balaban J connectivity index is 1.55. The highest BCUT2D eigenvalue weighted by molar-refractivity contribution is 5.89. The van der Waals surface area contributed by atoms with Gasteiger partial charge in [-0.05, 0) is 38.1 Å². The lowest BCUT2D eigenvalue weighted by Crippen LogP contribution is -2.48. The van der Waals surface area contributed by atoms with Crippen LogP contribution in [0.15, 0.2) is 34.9 Å². The van der Waals surface area contributed by atoms with E-state index in [1.165, 1.54) is 0 Å². The van der Waals surface area contributed by atoms with Crippen LogP contribution in [-0.4, -0.2) is 36.6 Å². The minimum absolute atomic E-state index is 0.0169. The first-order chi connectivity index (χ1) is 12.0. The van der Waals surface area contributed by atoms with Gasteiger partial charge in [0.05, 0.1) is 24.5 Å². The van der Waals surface area contributed by atoms with Crippen molar-refractivity contribution >= 4 is 23.4 Å². The summed E-state index contributed by atoms with van der Waals surface area (Å²) in [5, 5.41) is 8.31. The van der Waals surface area contributed by atoms with Crippen LogP contribution in [0.2, 0.25) is 0 Å². The van der Waals surface area contributed by atoms with Crippen LogP contribution in [0, 0.1) is 6.92 Å². The molecule has 0 aromatic carbocycles. The van der Waals surface area contributed by atoms with Gasteiger partial charge < -0.3 is 25.3 Å². The average Bonchev–Trinajstić information content (AvgIpc) is 3.02. The van der Waals surface area contributed by atoms with Gasteiger partial charge in [-0.3, -0.25) is 4.79 Å². The third-order valence-electron chi connectivity index (χ3n) is 3.90. The van der Waals surface area contributed by atoms with E-state index < -0.39 is 0 Å². The predicted molar refractivity (Wildman–Crippen MR) is 93.5 cm³/mol. The molecule has 0 aliphatic carbocycles. The van der Waals surface area contributed by atoms with Gasteiger partial charge in [0.25, 0.3) is 0 Å². The van der Waals surface area contributed by atoms with Crippen LogP contribution in [0.5, 0.6) is 0 Å². The molecule has 1 aliphatic heterocycles. The average molecular weight is 343 g/mol. The molecule has 1 atom stereocenters. The van der Waals surface area contributed by atoms with E-state index >= 15 is 0 Å². The van der Waals surface area contributed by atoms with E-state index in [0.29, 0.717) is 36.9 Å². The maximum atomic E-state index is 12.1. The van der Waals surface area contributed by atoms with E-state index in [9.17, 15) is 9.59 Å². The monoisotopic (exact) mass is 343 g/mol. The molecular weight excluding hydrogens is 322 g/mol. The predicted octanol–water partition coefficient (Wildman–Crippen LogP) is 1.80. The standard InChI is InChI=1S/C17H21N5O3/c1-11-3-5-14(25-11)12(2)20-17(24)21-13-4-6-15(19-9-13)22-8-7-18-16(23)10-22/h3-6,9,12H,7-8,10H2,1-2H3,(H,18,23)(H2,20,21,24)/t12-/m0/s1. The molecule has 25 heavy (non-hydrogen) atoms. The minimum Gasteiger partial charge on any atom is -0.464 e. The lowest BCUT2D eigenvalue weighted by atomic mass is 10.2. The number of urea groups is 1. The number of furan rings is 1. The lowest BCUT2D eigenvalue weighted by molar-refractivity contribution is -0.120. The van der Waals surface area contributed by atoms with E-state index in [1.54, 1.807) is 18.3 Å². The molecule has 1 saturated heterocycles. The number of carbonyl (C=O) groups is 2. The summed E-state index contributed by atoms with van der Waals surface area (Å²) < 4.78 is 5.49. The third kappa shape index (κ3) is 4.28. The molecule has 1 fully saturated rings. The zero-order valence-corrected chi connectivity index (χ0v) is 14.2. The molecule has 3 rings (SSSR count). The van der Waals surface area contributed by atoms with Crippen LogP contribution < -0.4 is 20.9 Å². The zero-order valence-electron chi connectivity index (χ0n) is 14.2. The second kappa shape index (κ2) is 7.25. The van der Waals surface area contributed by atoms with Crippen molar-refractivity contribution in [2.24, 2.45) is 0 Å². The van der Waals surface area contributed by atoms with E-state index in [2.05, 4.69) is 20.9 Å². The van der Waals surface area contributed by atoms with Crippen molar-refractivity contribution in [3.05, 3.63) is 42.0 Å². The van der Waals surface area contributed by atoms with Crippen molar-refractivity contribution in [3.8, 4) is 0 Å². The van der Waals surface area contributed by atoms with E-state index in [0.717, 1.165) is 5.76 Å². The first-order valence-electron chi connectivity index (χ1n) is 8.13. The summed E-state index contributed by atoms with van der Waals surface area (Å²) in [4.78, 5) is 29.7. The van der Waals surface area contributed by atoms with Crippen LogP contribution >= 0.6 is 0 Å². The quantitative estimate of drug-likeness (QED) is 0.786. The Morgan fingerprint density at radius 3 is 2.84 bits per heavy atom. The number of nitrogens with one attached hydrogen (secondary N) is 3. The largest absolute Gasteiger partial charge is 0.464 e. The number of hydrogen-bond acceptors (Lipinski definition) is 5. The number of anilines is 2. The summed E-state index contributed by atoms with van der Waals surface area (Å²) in [5.74, 6) is 2.19. The molecule has 1 aliphatic rings. The molecule has 0 unspecified atom stereocenters.